The van der Waals surface area contributed by atoms with Gasteiger partial charge in [-0.3, -0.25) is 0 Å². The summed E-state index contributed by atoms with van der Waals surface area (Å²) >= 11 is 2.47. The number of anilines is 3. The minimum atomic E-state index is -0.798. The van der Waals surface area contributed by atoms with Crippen LogP contribution >= 0.6 is 23.1 Å². The second-order valence-corrected chi connectivity index (χ2v) is 10.2. The highest BCUT2D eigenvalue weighted by molar-refractivity contribution is 7.98. The third-order valence-electron chi connectivity index (χ3n) is 5.72. The Labute approximate surface area is 231 Å². The van der Waals surface area contributed by atoms with Crippen LogP contribution in [0.1, 0.15) is 28.8 Å². The molecule has 0 fully saturated rings. The summed E-state index contributed by atoms with van der Waals surface area (Å²) in [4.78, 5) is 8.73. The SMILES string of the molecule is N#Cc1c(N)nc(SCc2csc(Nc3ccc(F)cc3F)n2)c(C#N)c1-c1ccc(CC[C@@H](O)CO)cc1. The van der Waals surface area contributed by atoms with E-state index >= 15 is 0 Å². The van der Waals surface area contributed by atoms with Crippen LogP contribution in [-0.4, -0.2) is 32.9 Å². The molecular formula is C27H22F2N6O2S2. The molecule has 8 nitrogen and oxygen atoms in total. The fraction of sp³-hybridized carbons (Fsp3) is 0.185. The number of hydrogen-bond donors (Lipinski definition) is 4. The van der Waals surface area contributed by atoms with Crippen LogP contribution in [0, 0.1) is 34.3 Å². The summed E-state index contributed by atoms with van der Waals surface area (Å²) in [6, 6.07) is 14.6. The maximum atomic E-state index is 14.0. The summed E-state index contributed by atoms with van der Waals surface area (Å²) in [5.41, 5.74) is 9.07. The fourth-order valence-electron chi connectivity index (χ4n) is 3.73. The molecule has 2 aromatic carbocycles. The zero-order chi connectivity index (χ0) is 27.9. The van der Waals surface area contributed by atoms with Crippen LogP contribution in [0.3, 0.4) is 0 Å². The second-order valence-electron chi connectivity index (χ2n) is 8.40. The summed E-state index contributed by atoms with van der Waals surface area (Å²) in [5, 5.41) is 43.7. The van der Waals surface area contributed by atoms with Crippen molar-refractivity contribution in [3.8, 4) is 23.3 Å². The number of thiazole rings is 1. The first kappa shape index (κ1) is 28.0. The summed E-state index contributed by atoms with van der Waals surface area (Å²) in [6.07, 6.45) is 0.155. The van der Waals surface area contributed by atoms with E-state index in [9.17, 15) is 24.4 Å². The molecule has 0 radical (unpaired) electrons. The lowest BCUT2D eigenvalue weighted by Crippen LogP contribution is -2.12. The Morgan fingerprint density at radius 2 is 1.82 bits per heavy atom. The first-order valence-electron chi connectivity index (χ1n) is 11.6. The molecule has 0 unspecified atom stereocenters. The second kappa shape index (κ2) is 12.7. The van der Waals surface area contributed by atoms with Gasteiger partial charge in [0.2, 0.25) is 0 Å². The Kier molecular flexibility index (Phi) is 9.07. The van der Waals surface area contributed by atoms with E-state index in [1.54, 1.807) is 17.5 Å². The van der Waals surface area contributed by atoms with E-state index in [1.165, 1.54) is 29.2 Å². The number of nitrogens with one attached hydrogen (secondary N) is 1. The normalized spacial score (nSPS) is 11.5. The number of aryl methyl sites for hydroxylation is 1. The van der Waals surface area contributed by atoms with Gasteiger partial charge in [0.25, 0.3) is 0 Å². The Balaban J connectivity index is 1.56. The summed E-state index contributed by atoms with van der Waals surface area (Å²) in [7, 11) is 0. The van der Waals surface area contributed by atoms with Crippen molar-refractivity contribution in [2.24, 2.45) is 0 Å². The van der Waals surface area contributed by atoms with Gasteiger partial charge in [-0.15, -0.1) is 11.3 Å². The first-order chi connectivity index (χ1) is 18.8. The molecule has 39 heavy (non-hydrogen) atoms. The molecule has 0 amide bonds. The van der Waals surface area contributed by atoms with E-state index in [0.29, 0.717) is 45.6 Å². The highest BCUT2D eigenvalue weighted by atomic mass is 32.2. The minimum Gasteiger partial charge on any atom is -0.394 e. The number of rotatable bonds is 10. The lowest BCUT2D eigenvalue weighted by atomic mass is 9.95. The van der Waals surface area contributed by atoms with Crippen LogP contribution in [0.5, 0.6) is 0 Å². The standard InChI is InChI=1S/C27H22F2N6O2S2/c28-17-6-8-23(22(29)9-17)34-27-33-18(14-39-27)13-38-26-21(11-31)24(20(10-30)25(32)35-26)16-4-1-15(2-5-16)3-7-19(37)12-36/h1-2,4-6,8-9,14,19,36-37H,3,7,12-13H2,(H2,32,35)(H,33,34)/t19-/m1/s1. The number of nitrogens with zero attached hydrogens (tertiary/aromatic N) is 4. The molecule has 4 aromatic rings. The number of nitriles is 2. The molecule has 4 rings (SSSR count). The van der Waals surface area contributed by atoms with Gasteiger partial charge >= 0.3 is 0 Å². The van der Waals surface area contributed by atoms with Crippen molar-refractivity contribution in [2.75, 3.05) is 17.7 Å². The van der Waals surface area contributed by atoms with Crippen molar-refractivity contribution >= 4 is 39.7 Å². The number of aromatic nitrogens is 2. The zero-order valence-corrected chi connectivity index (χ0v) is 22.0. The van der Waals surface area contributed by atoms with Gasteiger partial charge in [-0.2, -0.15) is 10.5 Å². The van der Waals surface area contributed by atoms with Crippen molar-refractivity contribution in [1.29, 1.82) is 10.5 Å². The number of benzene rings is 2. The number of pyridine rings is 1. The maximum Gasteiger partial charge on any atom is 0.187 e. The van der Waals surface area contributed by atoms with Crippen LogP contribution in [0.4, 0.5) is 25.4 Å². The number of nitrogen functional groups attached to an aromatic ring is 1. The van der Waals surface area contributed by atoms with Crippen LogP contribution < -0.4 is 11.1 Å². The number of thioether (sulfide) groups is 1. The quantitative estimate of drug-likeness (QED) is 0.192. The molecule has 0 saturated carbocycles. The molecule has 0 bridgehead atoms. The molecular weight excluding hydrogens is 542 g/mol. The Hall–Kier alpha value is -4.07. The summed E-state index contributed by atoms with van der Waals surface area (Å²) in [5.74, 6) is -1.09. The first-order valence-corrected chi connectivity index (χ1v) is 13.5. The van der Waals surface area contributed by atoms with Crippen LogP contribution in [0.25, 0.3) is 11.1 Å². The van der Waals surface area contributed by atoms with Crippen LogP contribution in [-0.2, 0) is 12.2 Å². The number of nitrogens with two attached hydrogens (primary N) is 1. The van der Waals surface area contributed by atoms with Gasteiger partial charge in [0.15, 0.2) is 5.13 Å². The van der Waals surface area contributed by atoms with E-state index in [1.807, 2.05) is 12.1 Å². The highest BCUT2D eigenvalue weighted by Gasteiger charge is 2.21. The van der Waals surface area contributed by atoms with Crippen LogP contribution in [0.2, 0.25) is 0 Å². The van der Waals surface area contributed by atoms with Crippen molar-refractivity contribution in [2.45, 2.75) is 29.7 Å². The van der Waals surface area contributed by atoms with Gasteiger partial charge in [-0.25, -0.2) is 18.7 Å². The predicted octanol–water partition coefficient (Wildman–Crippen LogP) is 5.13. The number of aliphatic hydroxyl groups is 2. The predicted molar refractivity (Wildman–Crippen MR) is 146 cm³/mol. The Morgan fingerprint density at radius 3 is 2.49 bits per heavy atom. The van der Waals surface area contributed by atoms with Gasteiger partial charge in [0.05, 0.1) is 29.7 Å². The summed E-state index contributed by atoms with van der Waals surface area (Å²) < 4.78 is 27.1. The van der Waals surface area contributed by atoms with Crippen molar-refractivity contribution in [3.05, 3.63) is 81.9 Å². The lowest BCUT2D eigenvalue weighted by molar-refractivity contribution is 0.0886. The minimum absolute atomic E-state index is 0.00318. The molecule has 198 valence electrons. The van der Waals surface area contributed by atoms with E-state index in [2.05, 4.69) is 27.4 Å². The largest absolute Gasteiger partial charge is 0.394 e. The van der Waals surface area contributed by atoms with E-state index in [-0.39, 0.29) is 29.2 Å². The molecule has 12 heteroatoms. The third-order valence-corrected chi connectivity index (χ3v) is 7.53. The molecule has 0 saturated heterocycles. The Morgan fingerprint density at radius 1 is 1.08 bits per heavy atom. The molecule has 0 aliphatic rings. The maximum absolute atomic E-state index is 14.0. The van der Waals surface area contributed by atoms with Crippen molar-refractivity contribution < 1.29 is 19.0 Å². The smallest absolute Gasteiger partial charge is 0.187 e. The van der Waals surface area contributed by atoms with E-state index < -0.39 is 17.7 Å². The van der Waals surface area contributed by atoms with Crippen LogP contribution in [0.15, 0.2) is 52.9 Å². The number of halogens is 2. The molecule has 5 N–H and O–H groups in total. The molecule has 2 aromatic heterocycles. The fourth-order valence-corrected chi connectivity index (χ4v) is 5.45. The van der Waals surface area contributed by atoms with Gasteiger partial charge in [-0.1, -0.05) is 36.0 Å². The van der Waals surface area contributed by atoms with Gasteiger partial charge in [0.1, 0.15) is 40.2 Å². The third kappa shape index (κ3) is 6.69. The average Bonchev–Trinajstić information content (AvgIpc) is 3.39. The lowest BCUT2D eigenvalue weighted by Gasteiger charge is -2.13. The molecule has 2 heterocycles. The molecule has 0 spiro atoms. The van der Waals surface area contributed by atoms with E-state index in [4.69, 9.17) is 10.8 Å². The molecule has 1 atom stereocenters. The van der Waals surface area contributed by atoms with Gasteiger partial charge in [0, 0.05) is 22.8 Å². The highest BCUT2D eigenvalue weighted by Crippen LogP contribution is 2.37. The number of hydrogen-bond acceptors (Lipinski definition) is 10. The monoisotopic (exact) mass is 564 g/mol. The molecule has 0 aliphatic heterocycles. The van der Waals surface area contributed by atoms with Gasteiger partial charge in [-0.05, 0) is 36.1 Å². The van der Waals surface area contributed by atoms with E-state index in [0.717, 1.165) is 17.7 Å². The van der Waals surface area contributed by atoms with Crippen molar-refractivity contribution in [3.63, 3.8) is 0 Å². The molecule has 0 aliphatic carbocycles. The summed E-state index contributed by atoms with van der Waals surface area (Å²) in [6.45, 7) is -0.308. The van der Waals surface area contributed by atoms with Gasteiger partial charge < -0.3 is 21.3 Å². The zero-order valence-electron chi connectivity index (χ0n) is 20.4. The topological polar surface area (TPSA) is 152 Å². The van der Waals surface area contributed by atoms with Crippen molar-refractivity contribution in [1.82, 2.24) is 9.97 Å². The Bertz CT molecular complexity index is 1560. The average molecular weight is 565 g/mol. The number of aliphatic hydroxyl groups excluding tert-OH is 2.